The molecule has 0 aromatic rings. The first-order valence-corrected chi connectivity index (χ1v) is 6.93. The second kappa shape index (κ2) is 3.40. The van der Waals surface area contributed by atoms with E-state index in [-0.39, 0.29) is 11.9 Å². The lowest BCUT2D eigenvalue weighted by Gasteiger charge is -2.22. The lowest BCUT2D eigenvalue weighted by molar-refractivity contribution is 1.91. The van der Waals surface area contributed by atoms with Gasteiger partial charge in [-0.3, -0.25) is 0 Å². The van der Waals surface area contributed by atoms with Crippen molar-refractivity contribution in [2.75, 3.05) is 0 Å². The predicted molar refractivity (Wildman–Crippen MR) is 57.0 cm³/mol. The van der Waals surface area contributed by atoms with E-state index in [0.29, 0.717) is 0 Å². The van der Waals surface area contributed by atoms with Gasteiger partial charge in [-0.1, -0.05) is 0 Å². The van der Waals surface area contributed by atoms with Crippen molar-refractivity contribution in [3.05, 3.63) is 0 Å². The maximum Gasteiger partial charge on any atom is 0.141 e. The van der Waals surface area contributed by atoms with Gasteiger partial charge in [0.15, 0.2) is 0 Å². The van der Waals surface area contributed by atoms with Gasteiger partial charge in [0.25, 0.3) is 0 Å². The summed E-state index contributed by atoms with van der Waals surface area (Å²) in [5.74, 6) is 0. The number of hydrogen-bond donors (Lipinski definition) is 0. The molecule has 0 nitrogen and oxygen atoms in total. The van der Waals surface area contributed by atoms with E-state index in [1.807, 2.05) is 0 Å². The van der Waals surface area contributed by atoms with Gasteiger partial charge < -0.3 is 0 Å². The quantitative estimate of drug-likeness (QED) is 0.425. The van der Waals surface area contributed by atoms with Crippen LogP contribution in [0.3, 0.4) is 0 Å². The molecule has 0 heterocycles. The largest absolute Gasteiger partial charge is 0.141 e. The zero-order chi connectivity index (χ0) is 6.08. The van der Waals surface area contributed by atoms with E-state index >= 15 is 0 Å². The molecule has 0 spiro atoms. The van der Waals surface area contributed by atoms with Crippen molar-refractivity contribution < 1.29 is 0 Å². The summed E-state index contributed by atoms with van der Waals surface area (Å²) in [6.45, 7) is 0. The van der Waals surface area contributed by atoms with E-state index in [9.17, 15) is 0 Å². The highest BCUT2D eigenvalue weighted by atomic mass is 32.0. The first-order chi connectivity index (χ1) is 2.94. The van der Waals surface area contributed by atoms with Crippen LogP contribution in [0.4, 0.5) is 0 Å². The summed E-state index contributed by atoms with van der Waals surface area (Å²) < 4.78 is 0.278. The Morgan fingerprint density at radius 2 is 1.43 bits per heavy atom. The lowest BCUT2D eigenvalue weighted by Crippen LogP contribution is -1.88. The van der Waals surface area contributed by atoms with Crippen molar-refractivity contribution in [2.45, 2.75) is 4.38 Å². The van der Waals surface area contributed by atoms with Crippen molar-refractivity contribution in [1.29, 1.82) is 0 Å². The molecule has 42 valence electrons. The molecule has 0 aromatic heterocycles. The Morgan fingerprint density at radius 3 is 1.43 bits per heavy atom. The van der Waals surface area contributed by atoms with Crippen LogP contribution in [-0.4, -0.2) is 11.9 Å². The van der Waals surface area contributed by atoms with Crippen molar-refractivity contribution in [2.24, 2.45) is 0 Å². The minimum absolute atomic E-state index is 0.0640. The molecule has 0 aromatic carbocycles. The topological polar surface area (TPSA) is 0 Å². The van der Waals surface area contributed by atoms with Crippen molar-refractivity contribution in [3.8, 4) is 0 Å². The van der Waals surface area contributed by atoms with Crippen LogP contribution in [0, 0.1) is 0 Å². The summed E-state index contributed by atoms with van der Waals surface area (Å²) in [4.78, 5) is 0. The second-order valence-electron chi connectivity index (χ2n) is 1.50. The Morgan fingerprint density at radius 1 is 1.29 bits per heavy atom. The molecule has 5 atom stereocenters. The molecule has 0 aliphatic heterocycles. The van der Waals surface area contributed by atoms with E-state index < -0.39 is 0 Å². The van der Waals surface area contributed by atoms with Gasteiger partial charge in [-0.15, -0.1) is 44.1 Å². The Labute approximate surface area is 56.6 Å². The highest BCUT2D eigenvalue weighted by molar-refractivity contribution is 8.32. The third-order valence-corrected chi connectivity index (χ3v) is 9.52. The fraction of sp³-hybridized carbons (Fsp3) is 1.00. The summed E-state index contributed by atoms with van der Waals surface area (Å²) in [6.07, 6.45) is 0. The molecular weight excluding hydrogens is 178 g/mol. The Balaban J connectivity index is 3.54. The van der Waals surface area contributed by atoms with E-state index in [1.54, 1.807) is 0 Å². The predicted octanol–water partition coefficient (Wildman–Crippen LogP) is 1.04. The maximum atomic E-state index is 2.81. The molecule has 0 radical (unpaired) electrons. The van der Waals surface area contributed by atoms with E-state index in [0.717, 1.165) is 0 Å². The molecule has 7 heavy (non-hydrogen) atoms. The maximum absolute atomic E-state index is 2.81. The van der Waals surface area contributed by atoms with Crippen molar-refractivity contribution >= 4 is 51.7 Å². The smallest absolute Gasteiger partial charge is 0.119 e. The van der Waals surface area contributed by atoms with Gasteiger partial charge in [0, 0.05) is 4.38 Å². The molecule has 0 rings (SSSR count). The van der Waals surface area contributed by atoms with Crippen LogP contribution in [0.2, 0.25) is 0 Å². The minimum Gasteiger partial charge on any atom is -0.119 e. The molecule has 0 aliphatic carbocycles. The summed E-state index contributed by atoms with van der Waals surface area (Å²) in [5.41, 5.74) is 0. The number of hydrogen-bond acceptors (Lipinski definition) is 0. The Kier molecular flexibility index (Phi) is 4.48. The molecular formula is CH10BP5. The van der Waals surface area contributed by atoms with Gasteiger partial charge in [0.1, 0.15) is 7.57 Å². The van der Waals surface area contributed by atoms with Crippen LogP contribution in [-0.2, 0) is 0 Å². The third kappa shape index (κ3) is 4.70. The van der Waals surface area contributed by atoms with Crippen molar-refractivity contribution in [3.63, 3.8) is 0 Å². The van der Waals surface area contributed by atoms with Gasteiger partial charge in [0.05, 0.1) is 0 Å². The first kappa shape index (κ1) is 9.21. The van der Waals surface area contributed by atoms with Crippen LogP contribution >= 0.6 is 44.1 Å². The molecule has 6 heteroatoms. The van der Waals surface area contributed by atoms with Crippen LogP contribution in [0.25, 0.3) is 0 Å². The molecule has 0 N–H and O–H groups in total. The Bertz CT molecular complexity index is 53.6. The van der Waals surface area contributed by atoms with E-state index in [2.05, 4.69) is 44.2 Å². The zero-order valence-corrected chi connectivity index (χ0v) is 9.77. The SMILES string of the molecule is BP(P)C(P)(P)P. The average molecular weight is 188 g/mol. The molecule has 0 aliphatic rings. The highest BCUT2D eigenvalue weighted by Crippen LogP contribution is 2.64. The van der Waals surface area contributed by atoms with Gasteiger partial charge in [0.2, 0.25) is 0 Å². The van der Waals surface area contributed by atoms with Crippen LogP contribution in [0.1, 0.15) is 0 Å². The average Bonchev–Trinajstić information content (AvgIpc) is 1.31. The summed E-state index contributed by atoms with van der Waals surface area (Å²) in [6, 6.07) is 0. The normalized spacial score (nSPS) is 16.6. The van der Waals surface area contributed by atoms with E-state index in [4.69, 9.17) is 0 Å². The molecule has 0 bridgehead atoms. The highest BCUT2D eigenvalue weighted by Gasteiger charge is 2.13. The Hall–Kier alpha value is 2.21. The van der Waals surface area contributed by atoms with Crippen molar-refractivity contribution in [1.82, 2.24) is 0 Å². The van der Waals surface area contributed by atoms with Gasteiger partial charge in [-0.05, 0) is 0 Å². The fourth-order valence-corrected chi connectivity index (χ4v) is 0. The van der Waals surface area contributed by atoms with Crippen LogP contribution in [0.15, 0.2) is 0 Å². The van der Waals surface area contributed by atoms with Gasteiger partial charge in [-0.2, -0.15) is 0 Å². The zero-order valence-electron chi connectivity index (χ0n) is 4.26. The molecule has 0 saturated carbocycles. The number of rotatable bonds is 1. The first-order valence-electron chi connectivity index (χ1n) is 1.80. The minimum atomic E-state index is 0.0640. The molecule has 5 unspecified atom stereocenters. The molecule has 0 fully saturated rings. The standard InChI is InChI=1S/CH10BP5/c2-7(6)1(3,4)5/h2-6H2. The summed E-state index contributed by atoms with van der Waals surface area (Å²) >= 11 is 0. The monoisotopic (exact) mass is 188 g/mol. The van der Waals surface area contributed by atoms with Crippen LogP contribution in [0.5, 0.6) is 0 Å². The molecule has 0 saturated heterocycles. The van der Waals surface area contributed by atoms with Gasteiger partial charge >= 0.3 is 0 Å². The summed E-state index contributed by atoms with van der Waals surface area (Å²) in [5, 5.41) is 0. The van der Waals surface area contributed by atoms with Crippen LogP contribution < -0.4 is 0 Å². The van der Waals surface area contributed by atoms with Gasteiger partial charge in [-0.25, -0.2) is 0 Å². The summed E-state index contributed by atoms with van der Waals surface area (Å²) in [7, 11) is 13.4. The van der Waals surface area contributed by atoms with E-state index in [1.165, 1.54) is 0 Å². The lowest BCUT2D eigenvalue weighted by atomic mass is 10.8. The fourth-order valence-electron chi connectivity index (χ4n) is 0. The third-order valence-electron chi connectivity index (χ3n) is 0.611. The molecule has 0 amide bonds. The second-order valence-corrected chi connectivity index (χ2v) is 12.1.